The number of hydrogen-bond donors (Lipinski definition) is 0. The van der Waals surface area contributed by atoms with Crippen LogP contribution in [0.4, 0.5) is 5.69 Å². The van der Waals surface area contributed by atoms with Crippen molar-refractivity contribution >= 4 is 17.5 Å². The molecule has 1 fully saturated rings. The summed E-state index contributed by atoms with van der Waals surface area (Å²) in [4.78, 5) is 31.0. The van der Waals surface area contributed by atoms with E-state index in [1.54, 1.807) is 11.0 Å². The second kappa shape index (κ2) is 8.11. The molecule has 1 saturated heterocycles. The fourth-order valence-electron chi connectivity index (χ4n) is 4.29. The number of para-hydroxylation sites is 2. The van der Waals surface area contributed by atoms with Gasteiger partial charge in [0.05, 0.1) is 12.2 Å². The molecule has 8 nitrogen and oxygen atoms in total. The van der Waals surface area contributed by atoms with E-state index in [4.69, 9.17) is 14.2 Å². The first-order chi connectivity index (χ1) is 15.1. The number of hydrogen-bond acceptors (Lipinski definition) is 6. The molecular weight excluding hydrogens is 398 g/mol. The first-order valence-electron chi connectivity index (χ1n) is 10.5. The first-order valence-corrected chi connectivity index (χ1v) is 10.5. The van der Waals surface area contributed by atoms with Crippen LogP contribution in [0, 0.1) is 0 Å². The number of benzene rings is 2. The van der Waals surface area contributed by atoms with Crippen molar-refractivity contribution in [3.05, 3.63) is 48.0 Å². The van der Waals surface area contributed by atoms with E-state index in [2.05, 4.69) is 11.0 Å². The van der Waals surface area contributed by atoms with E-state index in [1.807, 2.05) is 35.2 Å². The van der Waals surface area contributed by atoms with Gasteiger partial charge >= 0.3 is 0 Å². The van der Waals surface area contributed by atoms with Crippen molar-refractivity contribution < 1.29 is 23.8 Å². The van der Waals surface area contributed by atoms with Crippen LogP contribution >= 0.6 is 0 Å². The molecule has 0 bridgehead atoms. The molecule has 3 aliphatic heterocycles. The lowest BCUT2D eigenvalue weighted by molar-refractivity contribution is -0.140. The van der Waals surface area contributed by atoms with Gasteiger partial charge in [0.2, 0.25) is 12.7 Å². The number of amides is 2. The topological polar surface area (TPSA) is 71.6 Å². The molecule has 2 aromatic rings. The van der Waals surface area contributed by atoms with Crippen LogP contribution in [0.2, 0.25) is 0 Å². The van der Waals surface area contributed by atoms with Gasteiger partial charge in [0.15, 0.2) is 17.6 Å². The Morgan fingerprint density at radius 2 is 1.74 bits per heavy atom. The van der Waals surface area contributed by atoms with Crippen molar-refractivity contribution in [1.29, 1.82) is 0 Å². The summed E-state index contributed by atoms with van der Waals surface area (Å²) >= 11 is 0. The average Bonchev–Trinajstić information content (AvgIpc) is 3.26. The number of ether oxygens (including phenoxy) is 3. The van der Waals surface area contributed by atoms with Crippen molar-refractivity contribution in [2.75, 3.05) is 44.4 Å². The smallest absolute Gasteiger partial charge is 0.265 e. The van der Waals surface area contributed by atoms with E-state index < -0.39 is 6.10 Å². The Kier molecular flexibility index (Phi) is 5.15. The third-order valence-electron chi connectivity index (χ3n) is 5.96. The Morgan fingerprint density at radius 1 is 0.968 bits per heavy atom. The number of carbonyl (C=O) groups is 2. The predicted molar refractivity (Wildman–Crippen MR) is 113 cm³/mol. The summed E-state index contributed by atoms with van der Waals surface area (Å²) in [6.07, 6.45) is -0.681. The fraction of sp³-hybridized carbons (Fsp3) is 0.391. The number of carbonyl (C=O) groups excluding carboxylic acids is 2. The SMILES string of the molecule is CC(=O)N1C[C@H](C(=O)N2CCN(Cc3ccc4c(c3)OCO4)CC2)Oc2ccccc21. The minimum atomic E-state index is -0.681. The minimum absolute atomic E-state index is 0.0662. The van der Waals surface area contributed by atoms with Crippen LogP contribution in [0.15, 0.2) is 42.5 Å². The van der Waals surface area contributed by atoms with E-state index in [1.165, 1.54) is 6.92 Å². The third kappa shape index (κ3) is 3.90. The molecule has 2 aromatic carbocycles. The van der Waals surface area contributed by atoms with Gasteiger partial charge in [-0.3, -0.25) is 14.5 Å². The van der Waals surface area contributed by atoms with Crippen molar-refractivity contribution in [2.24, 2.45) is 0 Å². The lowest BCUT2D eigenvalue weighted by Crippen LogP contribution is -2.56. The van der Waals surface area contributed by atoms with Gasteiger partial charge < -0.3 is 24.0 Å². The Hall–Kier alpha value is -3.26. The molecule has 2 amide bonds. The molecule has 0 aromatic heterocycles. The lowest BCUT2D eigenvalue weighted by atomic mass is 10.1. The molecule has 0 unspecified atom stereocenters. The normalized spacial score (nSPS) is 20.2. The van der Waals surface area contributed by atoms with Crippen molar-refractivity contribution in [1.82, 2.24) is 9.80 Å². The summed E-state index contributed by atoms with van der Waals surface area (Å²) < 4.78 is 16.8. The molecule has 0 radical (unpaired) electrons. The van der Waals surface area contributed by atoms with Gasteiger partial charge in [-0.15, -0.1) is 0 Å². The van der Waals surface area contributed by atoms with Crippen LogP contribution in [0.1, 0.15) is 12.5 Å². The van der Waals surface area contributed by atoms with Crippen LogP contribution < -0.4 is 19.1 Å². The maximum atomic E-state index is 13.1. The number of rotatable bonds is 3. The van der Waals surface area contributed by atoms with E-state index in [9.17, 15) is 9.59 Å². The second-order valence-corrected chi connectivity index (χ2v) is 7.99. The number of anilines is 1. The maximum Gasteiger partial charge on any atom is 0.265 e. The van der Waals surface area contributed by atoms with E-state index in [0.29, 0.717) is 24.5 Å². The number of piperazine rings is 1. The molecule has 31 heavy (non-hydrogen) atoms. The minimum Gasteiger partial charge on any atom is -0.476 e. The molecular formula is C23H25N3O5. The molecule has 0 aliphatic carbocycles. The molecule has 0 spiro atoms. The summed E-state index contributed by atoms with van der Waals surface area (Å²) in [7, 11) is 0. The average molecular weight is 423 g/mol. The monoisotopic (exact) mass is 423 g/mol. The van der Waals surface area contributed by atoms with Crippen molar-refractivity contribution in [3.63, 3.8) is 0 Å². The molecule has 162 valence electrons. The first kappa shape index (κ1) is 19.7. The second-order valence-electron chi connectivity index (χ2n) is 7.99. The number of nitrogens with zero attached hydrogens (tertiary/aromatic N) is 3. The van der Waals surface area contributed by atoms with Crippen molar-refractivity contribution in [2.45, 2.75) is 19.6 Å². The highest BCUT2D eigenvalue weighted by atomic mass is 16.7. The summed E-state index contributed by atoms with van der Waals surface area (Å²) in [5, 5.41) is 0. The highest BCUT2D eigenvalue weighted by molar-refractivity contribution is 5.95. The van der Waals surface area contributed by atoms with Gasteiger partial charge in [-0.25, -0.2) is 0 Å². The Bertz CT molecular complexity index is 1000. The zero-order valence-electron chi connectivity index (χ0n) is 17.5. The quantitative estimate of drug-likeness (QED) is 0.751. The molecule has 3 heterocycles. The lowest BCUT2D eigenvalue weighted by Gasteiger charge is -2.39. The van der Waals surface area contributed by atoms with Gasteiger partial charge in [0.25, 0.3) is 5.91 Å². The molecule has 5 rings (SSSR count). The van der Waals surface area contributed by atoms with Crippen molar-refractivity contribution in [3.8, 4) is 17.2 Å². The van der Waals surface area contributed by atoms with Gasteiger partial charge in [-0.05, 0) is 29.8 Å². The molecule has 0 saturated carbocycles. The van der Waals surface area contributed by atoms with Crippen LogP contribution in [0.25, 0.3) is 0 Å². The predicted octanol–water partition coefficient (Wildman–Crippen LogP) is 1.87. The summed E-state index contributed by atoms with van der Waals surface area (Å²) in [5.74, 6) is 1.98. The molecule has 1 atom stereocenters. The van der Waals surface area contributed by atoms with Crippen LogP contribution in [-0.4, -0.2) is 67.2 Å². The zero-order chi connectivity index (χ0) is 21.4. The molecule has 0 N–H and O–H groups in total. The maximum absolute atomic E-state index is 13.1. The highest BCUT2D eigenvalue weighted by Gasteiger charge is 2.36. The van der Waals surface area contributed by atoms with Crippen LogP contribution in [0.5, 0.6) is 17.2 Å². The van der Waals surface area contributed by atoms with Gasteiger partial charge in [-0.1, -0.05) is 18.2 Å². The standard InChI is InChI=1S/C23H25N3O5/c1-16(27)26-14-22(31-19-5-3-2-4-18(19)26)23(28)25-10-8-24(9-11-25)13-17-6-7-20-21(12-17)30-15-29-20/h2-7,12,22H,8-11,13-15H2,1H3/t22-/m1/s1. The Balaban J connectivity index is 1.20. The highest BCUT2D eigenvalue weighted by Crippen LogP contribution is 2.34. The van der Waals surface area contributed by atoms with Gasteiger partial charge in [0, 0.05) is 39.6 Å². The van der Waals surface area contributed by atoms with E-state index in [0.717, 1.165) is 36.7 Å². The number of fused-ring (bicyclic) bond motifs is 2. The van der Waals surface area contributed by atoms with Crippen LogP contribution in [-0.2, 0) is 16.1 Å². The Labute approximate surface area is 180 Å². The largest absolute Gasteiger partial charge is 0.476 e. The summed E-state index contributed by atoms with van der Waals surface area (Å²) in [5.41, 5.74) is 1.88. The zero-order valence-corrected chi connectivity index (χ0v) is 17.5. The van der Waals surface area contributed by atoms with Crippen LogP contribution in [0.3, 0.4) is 0 Å². The molecule has 8 heteroatoms. The molecule has 3 aliphatic rings. The Morgan fingerprint density at radius 3 is 2.55 bits per heavy atom. The fourth-order valence-corrected chi connectivity index (χ4v) is 4.29. The van der Waals surface area contributed by atoms with Gasteiger partial charge in [0.1, 0.15) is 5.75 Å². The summed E-state index contributed by atoms with van der Waals surface area (Å²) in [6.45, 7) is 5.63. The summed E-state index contributed by atoms with van der Waals surface area (Å²) in [6, 6.07) is 13.4. The van der Waals surface area contributed by atoms with E-state index in [-0.39, 0.29) is 25.2 Å². The van der Waals surface area contributed by atoms with E-state index >= 15 is 0 Å². The third-order valence-corrected chi connectivity index (χ3v) is 5.96. The van der Waals surface area contributed by atoms with Gasteiger partial charge in [-0.2, -0.15) is 0 Å².